The predicted octanol–water partition coefficient (Wildman–Crippen LogP) is 4.68. The van der Waals surface area contributed by atoms with Crippen LogP contribution in [0.15, 0.2) is 84.9 Å². The lowest BCUT2D eigenvalue weighted by molar-refractivity contribution is -0.123. The largest absolute Gasteiger partial charge is 0.369 e. The van der Waals surface area contributed by atoms with Gasteiger partial charge in [0.1, 0.15) is 5.41 Å². The highest BCUT2D eigenvalue weighted by molar-refractivity contribution is 6.30. The molecule has 3 aromatic rings. The molecule has 1 heterocycles. The molecule has 1 aliphatic rings. The average Bonchev–Trinajstić information content (AvgIpc) is 3.24. The van der Waals surface area contributed by atoms with Gasteiger partial charge < -0.3 is 10.6 Å². The van der Waals surface area contributed by atoms with Crippen LogP contribution in [0.1, 0.15) is 23.1 Å². The molecule has 1 fully saturated rings. The Morgan fingerprint density at radius 1 is 0.933 bits per heavy atom. The second-order valence-corrected chi connectivity index (χ2v) is 8.50. The van der Waals surface area contributed by atoms with Gasteiger partial charge in [0.2, 0.25) is 5.91 Å². The van der Waals surface area contributed by atoms with Gasteiger partial charge in [-0.2, -0.15) is 0 Å². The van der Waals surface area contributed by atoms with Crippen molar-refractivity contribution in [3.63, 3.8) is 0 Å². The van der Waals surface area contributed by atoms with Crippen molar-refractivity contribution < 1.29 is 4.79 Å². The fraction of sp³-hybridized carbons (Fsp3) is 0.269. The molecule has 0 saturated carbocycles. The van der Waals surface area contributed by atoms with Crippen LogP contribution in [0.3, 0.4) is 0 Å². The highest BCUT2D eigenvalue weighted by atomic mass is 35.5. The summed E-state index contributed by atoms with van der Waals surface area (Å²) in [6, 6.07) is 28.1. The summed E-state index contributed by atoms with van der Waals surface area (Å²) < 4.78 is 0. The molecular formula is C26H27ClN2O. The predicted molar refractivity (Wildman–Crippen MR) is 123 cm³/mol. The summed E-state index contributed by atoms with van der Waals surface area (Å²) in [7, 11) is 0. The number of amides is 1. The van der Waals surface area contributed by atoms with Gasteiger partial charge in [0.05, 0.1) is 0 Å². The highest BCUT2D eigenvalue weighted by Crippen LogP contribution is 2.43. The fourth-order valence-corrected chi connectivity index (χ4v) is 4.98. The Morgan fingerprint density at radius 2 is 1.50 bits per heavy atom. The first-order valence-electron chi connectivity index (χ1n) is 10.5. The molecule has 154 valence electrons. The van der Waals surface area contributed by atoms with E-state index in [1.165, 1.54) is 5.56 Å². The normalized spacial score (nSPS) is 17.2. The molecule has 4 rings (SSSR count). The molecule has 0 unspecified atom stereocenters. The molecule has 0 spiro atoms. The van der Waals surface area contributed by atoms with Crippen molar-refractivity contribution in [2.45, 2.75) is 18.3 Å². The van der Waals surface area contributed by atoms with E-state index in [0.717, 1.165) is 48.6 Å². The van der Waals surface area contributed by atoms with Crippen LogP contribution in [0.4, 0.5) is 0 Å². The molecule has 1 aliphatic heterocycles. The number of benzene rings is 3. The van der Waals surface area contributed by atoms with Crippen molar-refractivity contribution in [3.8, 4) is 0 Å². The molecular weight excluding hydrogens is 392 g/mol. The summed E-state index contributed by atoms with van der Waals surface area (Å²) in [6.45, 7) is 2.77. The molecule has 0 bridgehead atoms. The van der Waals surface area contributed by atoms with Crippen LogP contribution in [0.25, 0.3) is 0 Å². The number of hydrogen-bond donors (Lipinski definition) is 1. The lowest BCUT2D eigenvalue weighted by Gasteiger charge is -2.37. The number of nitrogens with two attached hydrogens (primary N) is 1. The van der Waals surface area contributed by atoms with Crippen molar-refractivity contribution in [2.75, 3.05) is 19.6 Å². The SMILES string of the molecule is NC(=O)C(c1ccccc1)(c1ccccc1)[C@H]1CCN(CCc2ccc(Cl)cc2)C1. The van der Waals surface area contributed by atoms with E-state index < -0.39 is 5.41 Å². The first-order valence-corrected chi connectivity index (χ1v) is 10.9. The third-order valence-electron chi connectivity index (χ3n) is 6.36. The van der Waals surface area contributed by atoms with E-state index in [1.54, 1.807) is 0 Å². The van der Waals surface area contributed by atoms with Crippen molar-refractivity contribution in [1.29, 1.82) is 0 Å². The maximum absolute atomic E-state index is 13.1. The molecule has 2 N–H and O–H groups in total. The highest BCUT2D eigenvalue weighted by Gasteiger charge is 2.49. The lowest BCUT2D eigenvalue weighted by atomic mass is 9.64. The summed E-state index contributed by atoms with van der Waals surface area (Å²) in [5.41, 5.74) is 8.58. The smallest absolute Gasteiger partial charge is 0.232 e. The number of nitrogens with zero attached hydrogens (tertiary/aromatic N) is 1. The van der Waals surface area contributed by atoms with Gasteiger partial charge in [-0.1, -0.05) is 84.4 Å². The molecule has 0 aromatic heterocycles. The second-order valence-electron chi connectivity index (χ2n) is 8.07. The standard InChI is InChI=1S/C26H27ClN2O/c27-24-13-11-20(12-14-24)15-17-29-18-16-23(19-29)26(25(28)30,21-7-3-1-4-8-21)22-9-5-2-6-10-22/h1-14,23H,15-19H2,(H2,28,30)/t23-/m0/s1. The van der Waals surface area contributed by atoms with Crippen molar-refractivity contribution in [2.24, 2.45) is 11.7 Å². The van der Waals surface area contributed by atoms with Crippen LogP contribution in [0.2, 0.25) is 5.02 Å². The second kappa shape index (κ2) is 9.03. The van der Waals surface area contributed by atoms with E-state index in [2.05, 4.69) is 17.0 Å². The summed E-state index contributed by atoms with van der Waals surface area (Å²) in [5, 5.41) is 0.761. The van der Waals surface area contributed by atoms with Gasteiger partial charge in [0.25, 0.3) is 0 Å². The van der Waals surface area contributed by atoms with Crippen LogP contribution in [-0.4, -0.2) is 30.4 Å². The lowest BCUT2D eigenvalue weighted by Crippen LogP contribution is -2.49. The molecule has 30 heavy (non-hydrogen) atoms. The third kappa shape index (κ3) is 4.00. The Morgan fingerprint density at radius 3 is 2.03 bits per heavy atom. The third-order valence-corrected chi connectivity index (χ3v) is 6.61. The molecule has 4 heteroatoms. The zero-order chi connectivity index (χ0) is 21.0. The molecule has 0 aliphatic carbocycles. The minimum atomic E-state index is -0.822. The monoisotopic (exact) mass is 418 g/mol. The molecule has 3 nitrogen and oxygen atoms in total. The molecule has 3 aromatic carbocycles. The molecule has 1 atom stereocenters. The first-order chi connectivity index (χ1) is 14.6. The van der Waals surface area contributed by atoms with Gasteiger partial charge in [-0.15, -0.1) is 0 Å². The number of rotatable bonds is 7. The van der Waals surface area contributed by atoms with E-state index in [9.17, 15) is 4.79 Å². The van der Waals surface area contributed by atoms with Gasteiger partial charge in [0, 0.05) is 18.1 Å². The van der Waals surface area contributed by atoms with E-state index >= 15 is 0 Å². The molecule has 1 amide bonds. The zero-order valence-electron chi connectivity index (χ0n) is 17.0. The first kappa shape index (κ1) is 20.6. The summed E-state index contributed by atoms with van der Waals surface area (Å²) in [4.78, 5) is 15.6. The minimum absolute atomic E-state index is 0.130. The van der Waals surface area contributed by atoms with Gasteiger partial charge in [0.15, 0.2) is 0 Å². The maximum Gasteiger partial charge on any atom is 0.232 e. The summed E-state index contributed by atoms with van der Waals surface area (Å²) in [6.07, 6.45) is 1.90. The quantitative estimate of drug-likeness (QED) is 0.605. The molecule has 1 saturated heterocycles. The van der Waals surface area contributed by atoms with Crippen LogP contribution >= 0.6 is 11.6 Å². The van der Waals surface area contributed by atoms with Gasteiger partial charge in [-0.3, -0.25) is 4.79 Å². The van der Waals surface area contributed by atoms with Gasteiger partial charge in [-0.05, 0) is 54.1 Å². The van der Waals surface area contributed by atoms with Crippen molar-refractivity contribution in [3.05, 3.63) is 107 Å². The van der Waals surface area contributed by atoms with Crippen LogP contribution in [0, 0.1) is 5.92 Å². The Labute approximate surface area is 183 Å². The Hall–Kier alpha value is -2.62. The minimum Gasteiger partial charge on any atom is -0.369 e. The number of halogens is 1. The zero-order valence-corrected chi connectivity index (χ0v) is 17.8. The maximum atomic E-state index is 13.1. The number of carbonyl (C=O) groups excluding carboxylic acids is 1. The Balaban J connectivity index is 1.60. The Kier molecular flexibility index (Phi) is 6.21. The topological polar surface area (TPSA) is 46.3 Å². The van der Waals surface area contributed by atoms with E-state index in [1.807, 2.05) is 72.8 Å². The number of likely N-dealkylation sites (tertiary alicyclic amines) is 1. The van der Waals surface area contributed by atoms with Crippen LogP contribution in [-0.2, 0) is 16.6 Å². The molecule has 0 radical (unpaired) electrons. The summed E-state index contributed by atoms with van der Waals surface area (Å²) >= 11 is 6.00. The number of carbonyl (C=O) groups is 1. The van der Waals surface area contributed by atoms with E-state index in [0.29, 0.717) is 0 Å². The Bertz CT molecular complexity index is 933. The van der Waals surface area contributed by atoms with Crippen LogP contribution < -0.4 is 5.73 Å². The van der Waals surface area contributed by atoms with Crippen molar-refractivity contribution >= 4 is 17.5 Å². The number of hydrogen-bond acceptors (Lipinski definition) is 2. The van der Waals surface area contributed by atoms with Crippen LogP contribution in [0.5, 0.6) is 0 Å². The fourth-order valence-electron chi connectivity index (χ4n) is 4.85. The summed E-state index contributed by atoms with van der Waals surface area (Å²) in [5.74, 6) is -0.144. The van der Waals surface area contributed by atoms with E-state index in [-0.39, 0.29) is 11.8 Å². The van der Waals surface area contributed by atoms with Gasteiger partial charge >= 0.3 is 0 Å². The number of primary amides is 1. The van der Waals surface area contributed by atoms with Crippen molar-refractivity contribution in [1.82, 2.24) is 4.90 Å². The van der Waals surface area contributed by atoms with E-state index in [4.69, 9.17) is 17.3 Å². The van der Waals surface area contributed by atoms with Gasteiger partial charge in [-0.25, -0.2) is 0 Å². The average molecular weight is 419 g/mol.